The van der Waals surface area contributed by atoms with Crippen molar-refractivity contribution in [2.75, 3.05) is 5.32 Å². The molecule has 1 spiro atoms. The minimum Gasteiger partial charge on any atom is -0.360 e. The van der Waals surface area contributed by atoms with Crippen LogP contribution in [-0.4, -0.2) is 57.1 Å². The normalized spacial score (nSPS) is 37.9. The quantitative estimate of drug-likeness (QED) is 0.674. The number of amides is 3. The van der Waals surface area contributed by atoms with Crippen molar-refractivity contribution in [1.29, 1.82) is 0 Å². The number of anilines is 1. The number of likely N-dealkylation sites (tertiary alicyclic amines) is 1. The Morgan fingerprint density at radius 1 is 1.16 bits per heavy atom. The summed E-state index contributed by atoms with van der Waals surface area (Å²) in [5, 5.41) is 9.80. The highest BCUT2D eigenvalue weighted by Crippen LogP contribution is 2.61. The number of aromatic nitrogens is 1. The first-order valence-electron chi connectivity index (χ1n) is 11.6. The maximum absolute atomic E-state index is 13.7. The monoisotopic (exact) mass is 440 g/mol. The van der Waals surface area contributed by atoms with Crippen LogP contribution in [0.15, 0.2) is 22.7 Å². The molecule has 0 unspecified atom stereocenters. The van der Waals surface area contributed by atoms with Gasteiger partial charge in [0.05, 0.1) is 17.4 Å². The van der Waals surface area contributed by atoms with E-state index in [0.717, 1.165) is 38.5 Å². The Kier molecular flexibility index (Phi) is 4.16. The molecule has 0 aromatic carbocycles. The Labute approximate surface area is 185 Å². The van der Waals surface area contributed by atoms with Gasteiger partial charge in [-0.2, -0.15) is 0 Å². The molecule has 170 valence electrons. The van der Waals surface area contributed by atoms with Gasteiger partial charge in [0.25, 0.3) is 0 Å². The number of nitrogens with zero attached hydrogens (tertiary/aromatic N) is 2. The van der Waals surface area contributed by atoms with Crippen LogP contribution in [0, 0.1) is 18.8 Å². The third-order valence-corrected chi connectivity index (χ3v) is 7.79. The van der Waals surface area contributed by atoms with Gasteiger partial charge >= 0.3 is 0 Å². The molecule has 1 aromatic heterocycles. The van der Waals surface area contributed by atoms with Crippen LogP contribution in [0.1, 0.15) is 51.2 Å². The van der Waals surface area contributed by atoms with Crippen molar-refractivity contribution in [3.8, 4) is 0 Å². The van der Waals surface area contributed by atoms with Crippen LogP contribution in [0.4, 0.5) is 5.82 Å². The molecule has 2 N–H and O–H groups in total. The molecule has 2 saturated heterocycles. The molecule has 2 aliphatic carbocycles. The molecule has 6 rings (SSSR count). The lowest BCUT2D eigenvalue weighted by atomic mass is 9.70. The van der Waals surface area contributed by atoms with Gasteiger partial charge in [-0.3, -0.25) is 14.4 Å². The topological polar surface area (TPSA) is 114 Å². The van der Waals surface area contributed by atoms with Crippen LogP contribution in [0.5, 0.6) is 0 Å². The number of aryl methyl sites for hydroxylation is 1. The molecule has 4 fully saturated rings. The Bertz CT molecular complexity index is 1030. The second kappa shape index (κ2) is 6.66. The van der Waals surface area contributed by atoms with Crippen molar-refractivity contribution in [2.24, 2.45) is 11.8 Å². The summed E-state index contributed by atoms with van der Waals surface area (Å²) in [5.41, 5.74) is -2.09. The molecule has 5 aliphatic rings. The number of carbonyl (C=O) groups excluding carboxylic acids is 3. The van der Waals surface area contributed by atoms with Crippen molar-refractivity contribution >= 4 is 23.5 Å². The summed E-state index contributed by atoms with van der Waals surface area (Å²) >= 11 is 0. The van der Waals surface area contributed by atoms with E-state index >= 15 is 0 Å². The van der Waals surface area contributed by atoms with Gasteiger partial charge < -0.3 is 24.8 Å². The third kappa shape index (κ3) is 2.73. The first-order valence-corrected chi connectivity index (χ1v) is 11.6. The van der Waals surface area contributed by atoms with Crippen molar-refractivity contribution < 1.29 is 23.6 Å². The van der Waals surface area contributed by atoms with E-state index in [2.05, 4.69) is 15.8 Å². The fourth-order valence-corrected chi connectivity index (χ4v) is 6.29. The minimum absolute atomic E-state index is 0.0348. The molecular formula is C23H28N4O5. The molecule has 5 atom stereocenters. The fraction of sp³-hybridized carbons (Fsp3) is 0.652. The van der Waals surface area contributed by atoms with Crippen molar-refractivity contribution in [2.45, 2.75) is 81.7 Å². The van der Waals surface area contributed by atoms with Gasteiger partial charge in [-0.05, 0) is 39.5 Å². The molecule has 9 nitrogen and oxygen atoms in total. The van der Waals surface area contributed by atoms with Crippen LogP contribution in [-0.2, 0) is 19.1 Å². The Balaban J connectivity index is 1.34. The van der Waals surface area contributed by atoms with Crippen LogP contribution in [0.2, 0.25) is 0 Å². The minimum atomic E-state index is -1.13. The van der Waals surface area contributed by atoms with E-state index in [1.807, 2.05) is 19.1 Å². The van der Waals surface area contributed by atoms with Crippen LogP contribution >= 0.6 is 0 Å². The number of hydrogen-bond donors (Lipinski definition) is 2. The molecule has 1 aromatic rings. The molecule has 32 heavy (non-hydrogen) atoms. The Hall–Kier alpha value is -2.68. The first kappa shape index (κ1) is 20.0. The van der Waals surface area contributed by atoms with Gasteiger partial charge in [-0.25, -0.2) is 0 Å². The highest BCUT2D eigenvalue weighted by Gasteiger charge is 2.77. The fourth-order valence-electron chi connectivity index (χ4n) is 6.29. The molecule has 3 aliphatic heterocycles. The Morgan fingerprint density at radius 2 is 1.91 bits per heavy atom. The van der Waals surface area contributed by atoms with E-state index in [4.69, 9.17) is 9.26 Å². The second-order valence-electron chi connectivity index (χ2n) is 10.1. The summed E-state index contributed by atoms with van der Waals surface area (Å²) in [6.45, 7) is 3.56. The molecular weight excluding hydrogens is 412 g/mol. The molecule has 2 bridgehead atoms. The zero-order valence-electron chi connectivity index (χ0n) is 18.3. The van der Waals surface area contributed by atoms with E-state index < -0.39 is 29.1 Å². The summed E-state index contributed by atoms with van der Waals surface area (Å²) < 4.78 is 11.5. The average molecular weight is 441 g/mol. The standard InChI is InChI=1S/C23H28N4O5/c1-12-11-15(26-31-12)25-19(28)16-17-21(30)27(14-7-8-14)18(20(29)24-13-5-3-4-6-13)23(17)10-9-22(16,2)32-23/h9-11,13-14,16-18H,3-8H2,1-2H3,(H,24,29)(H,25,26,28)/t16-,17+,18-,22+,23-/m1/s1. The molecule has 2 saturated carbocycles. The predicted molar refractivity (Wildman–Crippen MR) is 112 cm³/mol. The van der Waals surface area contributed by atoms with Gasteiger partial charge in [-0.1, -0.05) is 30.2 Å². The predicted octanol–water partition coefficient (Wildman–Crippen LogP) is 1.68. The second-order valence-corrected chi connectivity index (χ2v) is 10.1. The molecule has 9 heteroatoms. The van der Waals surface area contributed by atoms with Gasteiger partial charge in [0.15, 0.2) is 5.82 Å². The van der Waals surface area contributed by atoms with E-state index in [9.17, 15) is 14.4 Å². The van der Waals surface area contributed by atoms with E-state index in [1.165, 1.54) is 0 Å². The summed E-state index contributed by atoms with van der Waals surface area (Å²) in [7, 11) is 0. The van der Waals surface area contributed by atoms with E-state index in [-0.39, 0.29) is 29.8 Å². The summed E-state index contributed by atoms with van der Waals surface area (Å²) in [4.78, 5) is 42.4. The highest BCUT2D eigenvalue weighted by atomic mass is 16.5. The lowest BCUT2D eigenvalue weighted by Crippen LogP contribution is -2.56. The zero-order valence-corrected chi connectivity index (χ0v) is 18.3. The van der Waals surface area contributed by atoms with Crippen LogP contribution in [0.3, 0.4) is 0 Å². The zero-order chi connectivity index (χ0) is 22.3. The summed E-state index contributed by atoms with van der Waals surface area (Å²) in [6, 6.07) is 1.05. The third-order valence-electron chi connectivity index (χ3n) is 7.79. The van der Waals surface area contributed by atoms with E-state index in [1.54, 1.807) is 17.9 Å². The molecule has 0 radical (unpaired) electrons. The van der Waals surface area contributed by atoms with Crippen molar-refractivity contribution in [1.82, 2.24) is 15.4 Å². The number of nitrogens with one attached hydrogen (secondary N) is 2. The van der Waals surface area contributed by atoms with Crippen molar-refractivity contribution in [3.63, 3.8) is 0 Å². The Morgan fingerprint density at radius 3 is 2.56 bits per heavy atom. The average Bonchev–Trinajstić information content (AvgIpc) is 3.06. The number of fused-ring (bicyclic) bond motifs is 1. The lowest BCUT2D eigenvalue weighted by molar-refractivity contribution is -0.144. The lowest BCUT2D eigenvalue weighted by Gasteiger charge is -2.33. The maximum Gasteiger partial charge on any atom is 0.246 e. The number of ether oxygens (including phenoxy) is 1. The van der Waals surface area contributed by atoms with Gasteiger partial charge in [0.1, 0.15) is 17.4 Å². The summed E-state index contributed by atoms with van der Waals surface area (Å²) in [5.74, 6) is -1.30. The molecule has 4 heterocycles. The van der Waals surface area contributed by atoms with Gasteiger partial charge in [0, 0.05) is 18.2 Å². The van der Waals surface area contributed by atoms with E-state index in [0.29, 0.717) is 11.6 Å². The summed E-state index contributed by atoms with van der Waals surface area (Å²) in [6.07, 6.45) is 9.59. The number of hydrogen-bond acceptors (Lipinski definition) is 6. The smallest absolute Gasteiger partial charge is 0.246 e. The number of rotatable bonds is 5. The first-order chi connectivity index (χ1) is 15.3. The van der Waals surface area contributed by atoms with Gasteiger partial charge in [0.2, 0.25) is 17.7 Å². The highest BCUT2D eigenvalue weighted by molar-refractivity contribution is 6.03. The van der Waals surface area contributed by atoms with Crippen LogP contribution in [0.25, 0.3) is 0 Å². The number of carbonyl (C=O) groups is 3. The van der Waals surface area contributed by atoms with Crippen LogP contribution < -0.4 is 10.6 Å². The van der Waals surface area contributed by atoms with Gasteiger partial charge in [-0.15, -0.1) is 0 Å². The SMILES string of the molecule is Cc1cc(NC(=O)[C@H]2[C@H]3C(=O)N(C4CC4)[C@H](C(=O)NC4CCCC4)[C@@]34C=C[C@]2(C)O4)no1. The largest absolute Gasteiger partial charge is 0.360 e. The molecule has 3 amide bonds. The van der Waals surface area contributed by atoms with Crippen molar-refractivity contribution in [3.05, 3.63) is 24.0 Å². The maximum atomic E-state index is 13.7.